The zero-order chi connectivity index (χ0) is 17.5. The maximum Gasteiger partial charge on any atom is 0.229 e. The Labute approximate surface area is 152 Å². The van der Waals surface area contributed by atoms with Gasteiger partial charge in [-0.25, -0.2) is 4.98 Å². The van der Waals surface area contributed by atoms with Crippen LogP contribution in [0.15, 0.2) is 60.8 Å². The number of hydrogen-bond donors (Lipinski definition) is 2. The Hall–Kier alpha value is -2.79. The summed E-state index contributed by atoms with van der Waals surface area (Å²) in [7, 11) is 1.59. The first-order valence-corrected chi connectivity index (χ1v) is 8.34. The number of nitrogens with zero attached hydrogens (tertiary/aromatic N) is 2. The Balaban J connectivity index is 1.60. The van der Waals surface area contributed by atoms with Gasteiger partial charge in [0.05, 0.1) is 12.1 Å². The topological polar surface area (TPSA) is 59.1 Å². The van der Waals surface area contributed by atoms with Gasteiger partial charge in [-0.3, -0.25) is 0 Å². The van der Waals surface area contributed by atoms with Gasteiger partial charge in [-0.2, -0.15) is 4.98 Å². The molecule has 1 heterocycles. The van der Waals surface area contributed by atoms with Crippen LogP contribution in [0.2, 0.25) is 5.02 Å². The molecule has 3 rings (SSSR count). The lowest BCUT2D eigenvalue weighted by Crippen LogP contribution is -2.07. The molecule has 1 aromatic heterocycles. The molecule has 0 unspecified atom stereocenters. The van der Waals surface area contributed by atoms with Crippen molar-refractivity contribution in [2.45, 2.75) is 6.42 Å². The molecule has 25 heavy (non-hydrogen) atoms. The van der Waals surface area contributed by atoms with E-state index in [1.807, 2.05) is 30.3 Å². The summed E-state index contributed by atoms with van der Waals surface area (Å²) in [5.41, 5.74) is 2.09. The average Bonchev–Trinajstić information content (AvgIpc) is 2.63. The van der Waals surface area contributed by atoms with E-state index in [1.165, 1.54) is 5.56 Å². The molecule has 0 aliphatic rings. The van der Waals surface area contributed by atoms with E-state index in [-0.39, 0.29) is 0 Å². The first-order valence-electron chi connectivity index (χ1n) is 7.96. The Morgan fingerprint density at radius 1 is 1.08 bits per heavy atom. The van der Waals surface area contributed by atoms with E-state index in [1.54, 1.807) is 25.4 Å². The number of nitrogens with one attached hydrogen (secondary N) is 2. The van der Waals surface area contributed by atoms with Crippen LogP contribution in [0.5, 0.6) is 5.75 Å². The zero-order valence-electron chi connectivity index (χ0n) is 13.9. The van der Waals surface area contributed by atoms with Gasteiger partial charge in [0.2, 0.25) is 5.95 Å². The van der Waals surface area contributed by atoms with Gasteiger partial charge in [0.15, 0.2) is 0 Å². The highest BCUT2D eigenvalue weighted by atomic mass is 35.5. The Morgan fingerprint density at radius 3 is 2.68 bits per heavy atom. The maximum atomic E-state index is 6.14. The number of rotatable bonds is 7. The van der Waals surface area contributed by atoms with Crippen LogP contribution in [-0.4, -0.2) is 23.6 Å². The van der Waals surface area contributed by atoms with Gasteiger partial charge >= 0.3 is 0 Å². The molecule has 3 aromatic rings. The highest BCUT2D eigenvalue weighted by Crippen LogP contribution is 2.28. The molecule has 0 radical (unpaired) electrons. The van der Waals surface area contributed by atoms with E-state index in [0.717, 1.165) is 24.5 Å². The largest absolute Gasteiger partial charge is 0.495 e. The molecule has 2 N–H and O–H groups in total. The smallest absolute Gasteiger partial charge is 0.229 e. The van der Waals surface area contributed by atoms with Gasteiger partial charge in [-0.05, 0) is 36.2 Å². The van der Waals surface area contributed by atoms with Crippen molar-refractivity contribution in [1.82, 2.24) is 9.97 Å². The summed E-state index contributed by atoms with van der Waals surface area (Å²) in [6.45, 7) is 0.800. The lowest BCUT2D eigenvalue weighted by molar-refractivity contribution is 0.415. The number of benzene rings is 2. The van der Waals surface area contributed by atoms with E-state index in [9.17, 15) is 0 Å². The van der Waals surface area contributed by atoms with Crippen LogP contribution < -0.4 is 15.4 Å². The molecule has 5 nitrogen and oxygen atoms in total. The van der Waals surface area contributed by atoms with Gasteiger partial charge in [0.1, 0.15) is 11.6 Å². The molecule has 0 aliphatic carbocycles. The van der Waals surface area contributed by atoms with Crippen molar-refractivity contribution in [2.24, 2.45) is 0 Å². The van der Waals surface area contributed by atoms with Crippen LogP contribution in [0.1, 0.15) is 5.56 Å². The number of aromatic nitrogens is 2. The van der Waals surface area contributed by atoms with Gasteiger partial charge in [-0.1, -0.05) is 41.9 Å². The molecule has 0 bridgehead atoms. The summed E-state index contributed by atoms with van der Waals surface area (Å²) in [4.78, 5) is 8.70. The highest BCUT2D eigenvalue weighted by Gasteiger charge is 2.04. The molecular weight excluding hydrogens is 336 g/mol. The van der Waals surface area contributed by atoms with Crippen molar-refractivity contribution >= 4 is 29.1 Å². The second-order valence-corrected chi connectivity index (χ2v) is 5.81. The molecule has 2 aromatic carbocycles. The van der Waals surface area contributed by atoms with E-state index in [2.05, 4.69) is 32.7 Å². The predicted octanol–water partition coefficient (Wildman–Crippen LogP) is 4.54. The van der Waals surface area contributed by atoms with Crippen molar-refractivity contribution in [3.63, 3.8) is 0 Å². The minimum absolute atomic E-state index is 0.506. The fourth-order valence-electron chi connectivity index (χ4n) is 2.37. The summed E-state index contributed by atoms with van der Waals surface area (Å²) >= 11 is 6.14. The monoisotopic (exact) mass is 354 g/mol. The first kappa shape index (κ1) is 17.0. The van der Waals surface area contributed by atoms with E-state index in [0.29, 0.717) is 16.7 Å². The molecule has 0 fully saturated rings. The van der Waals surface area contributed by atoms with Crippen molar-refractivity contribution in [3.05, 3.63) is 71.4 Å². The van der Waals surface area contributed by atoms with Crippen LogP contribution in [0.4, 0.5) is 17.5 Å². The van der Waals surface area contributed by atoms with Crippen LogP contribution in [0.25, 0.3) is 0 Å². The van der Waals surface area contributed by atoms with E-state index < -0.39 is 0 Å². The molecule has 0 atom stereocenters. The first-order chi connectivity index (χ1) is 12.2. The molecule has 0 aliphatic heterocycles. The lowest BCUT2D eigenvalue weighted by Gasteiger charge is -2.10. The van der Waals surface area contributed by atoms with Crippen molar-refractivity contribution in [2.75, 3.05) is 24.3 Å². The van der Waals surface area contributed by atoms with E-state index >= 15 is 0 Å². The lowest BCUT2D eigenvalue weighted by atomic mass is 10.1. The maximum absolute atomic E-state index is 6.14. The number of methoxy groups -OCH3 is 1. The molecule has 128 valence electrons. The van der Waals surface area contributed by atoms with Crippen LogP contribution in [-0.2, 0) is 6.42 Å². The van der Waals surface area contributed by atoms with Crippen molar-refractivity contribution in [3.8, 4) is 5.75 Å². The zero-order valence-corrected chi connectivity index (χ0v) is 14.6. The van der Waals surface area contributed by atoms with Gasteiger partial charge in [0.25, 0.3) is 0 Å². The predicted molar refractivity (Wildman–Crippen MR) is 102 cm³/mol. The minimum Gasteiger partial charge on any atom is -0.495 e. The summed E-state index contributed by atoms with van der Waals surface area (Å²) in [5.74, 6) is 1.91. The normalized spacial score (nSPS) is 10.3. The minimum atomic E-state index is 0.506. The number of hydrogen-bond acceptors (Lipinski definition) is 5. The highest BCUT2D eigenvalue weighted by molar-refractivity contribution is 6.32. The average molecular weight is 355 g/mol. The molecular formula is C19H19ClN4O. The summed E-state index contributed by atoms with van der Waals surface area (Å²) in [6, 6.07) is 17.6. The van der Waals surface area contributed by atoms with Gasteiger partial charge in [-0.15, -0.1) is 0 Å². The van der Waals surface area contributed by atoms with Crippen LogP contribution in [0, 0.1) is 0 Å². The number of halogens is 1. The SMILES string of the molecule is COc1ccc(Nc2nccc(NCCc3ccccc3)n2)cc1Cl. The third kappa shape index (κ3) is 4.84. The Kier molecular flexibility index (Phi) is 5.69. The molecule has 0 amide bonds. The second-order valence-electron chi connectivity index (χ2n) is 5.40. The number of anilines is 3. The molecule has 0 saturated carbocycles. The van der Waals surface area contributed by atoms with Crippen LogP contribution in [0.3, 0.4) is 0 Å². The fraction of sp³-hybridized carbons (Fsp3) is 0.158. The van der Waals surface area contributed by atoms with Crippen molar-refractivity contribution < 1.29 is 4.74 Å². The third-order valence-corrected chi connectivity index (χ3v) is 3.92. The number of ether oxygens (including phenoxy) is 1. The summed E-state index contributed by atoms with van der Waals surface area (Å²) < 4.78 is 5.15. The Morgan fingerprint density at radius 2 is 1.92 bits per heavy atom. The third-order valence-electron chi connectivity index (χ3n) is 3.63. The quantitative estimate of drug-likeness (QED) is 0.652. The van der Waals surface area contributed by atoms with Gasteiger partial charge in [0, 0.05) is 18.4 Å². The van der Waals surface area contributed by atoms with Gasteiger partial charge < -0.3 is 15.4 Å². The molecule has 0 spiro atoms. The second kappa shape index (κ2) is 8.35. The van der Waals surface area contributed by atoms with Crippen molar-refractivity contribution in [1.29, 1.82) is 0 Å². The standard InChI is InChI=1S/C19H19ClN4O/c1-25-17-8-7-15(13-16(17)20)23-19-22-12-10-18(24-19)21-11-9-14-5-3-2-4-6-14/h2-8,10,12-13H,9,11H2,1H3,(H2,21,22,23,24). The molecule has 6 heteroatoms. The summed E-state index contributed by atoms with van der Waals surface area (Å²) in [6.07, 6.45) is 2.65. The van der Waals surface area contributed by atoms with Crippen LogP contribution >= 0.6 is 11.6 Å². The fourth-order valence-corrected chi connectivity index (χ4v) is 2.63. The molecule has 0 saturated heterocycles. The van der Waals surface area contributed by atoms with E-state index in [4.69, 9.17) is 16.3 Å². The Bertz CT molecular complexity index is 827. The summed E-state index contributed by atoms with van der Waals surface area (Å²) in [5, 5.41) is 6.99.